The zero-order valence-electron chi connectivity index (χ0n) is 12.8. The van der Waals surface area contributed by atoms with Crippen LogP contribution in [-0.4, -0.2) is 49.5 Å². The summed E-state index contributed by atoms with van der Waals surface area (Å²) in [6, 6.07) is 3.18. The highest BCUT2D eigenvalue weighted by molar-refractivity contribution is 8.15. The van der Waals surface area contributed by atoms with E-state index >= 15 is 0 Å². The zero-order chi connectivity index (χ0) is 16.7. The average Bonchev–Trinajstić information content (AvgIpc) is 2.56. The molecule has 120 valence electrons. The lowest BCUT2D eigenvalue weighted by atomic mass is 10.1. The topological polar surface area (TPSA) is 101 Å². The first-order valence-corrected chi connectivity index (χ1v) is 7.40. The SMILES string of the molecule is COC(=O)N=C(SC)C(=N)c1cc(CO)c(OC)c(OC)c1. The normalized spacial score (nSPS) is 11.0. The van der Waals surface area contributed by atoms with Crippen LogP contribution in [0.4, 0.5) is 4.79 Å². The Morgan fingerprint density at radius 2 is 2.00 bits per heavy atom. The first kappa shape index (κ1) is 18.0. The maximum Gasteiger partial charge on any atom is 0.434 e. The van der Waals surface area contributed by atoms with Gasteiger partial charge in [-0.3, -0.25) is 5.41 Å². The minimum absolute atomic E-state index is 0.0218. The van der Waals surface area contributed by atoms with Crippen molar-refractivity contribution in [2.75, 3.05) is 27.6 Å². The van der Waals surface area contributed by atoms with Gasteiger partial charge in [0, 0.05) is 11.1 Å². The van der Waals surface area contributed by atoms with E-state index in [-0.39, 0.29) is 17.4 Å². The van der Waals surface area contributed by atoms with E-state index in [4.69, 9.17) is 14.9 Å². The number of aliphatic imine (C=N–C) groups is 1. The van der Waals surface area contributed by atoms with Gasteiger partial charge in [-0.1, -0.05) is 0 Å². The molecule has 1 aromatic carbocycles. The van der Waals surface area contributed by atoms with E-state index in [0.29, 0.717) is 22.6 Å². The highest BCUT2D eigenvalue weighted by Crippen LogP contribution is 2.33. The molecule has 0 bridgehead atoms. The summed E-state index contributed by atoms with van der Waals surface area (Å²) in [6.45, 7) is -0.274. The van der Waals surface area contributed by atoms with Crippen molar-refractivity contribution in [3.8, 4) is 11.5 Å². The van der Waals surface area contributed by atoms with Crippen LogP contribution in [0.25, 0.3) is 0 Å². The Kier molecular flexibility index (Phi) is 6.87. The summed E-state index contributed by atoms with van der Waals surface area (Å²) in [6.07, 6.45) is 0.918. The standard InChI is InChI=1S/C14H18N2O5S/c1-19-10-6-8(5-9(7-17)12(10)20-2)11(15)13(22-4)16-14(18)21-3/h5-6,15,17H,7H2,1-4H3. The molecule has 0 fully saturated rings. The summed E-state index contributed by atoms with van der Waals surface area (Å²) in [7, 11) is 4.14. The summed E-state index contributed by atoms with van der Waals surface area (Å²) in [5.41, 5.74) is 0.937. The molecule has 0 aliphatic carbocycles. The Hall–Kier alpha value is -2.06. The highest BCUT2D eigenvalue weighted by atomic mass is 32.2. The van der Waals surface area contributed by atoms with Gasteiger partial charge in [0.05, 0.1) is 33.6 Å². The van der Waals surface area contributed by atoms with Crippen molar-refractivity contribution in [3.63, 3.8) is 0 Å². The van der Waals surface area contributed by atoms with Crippen LogP contribution in [0.3, 0.4) is 0 Å². The third-order valence-electron chi connectivity index (χ3n) is 2.79. The lowest BCUT2D eigenvalue weighted by Crippen LogP contribution is -2.14. The van der Waals surface area contributed by atoms with Crippen molar-refractivity contribution in [2.45, 2.75) is 6.61 Å². The number of aliphatic hydroxyl groups is 1. The van der Waals surface area contributed by atoms with Crippen molar-refractivity contribution in [2.24, 2.45) is 4.99 Å². The van der Waals surface area contributed by atoms with Crippen LogP contribution in [0, 0.1) is 5.41 Å². The van der Waals surface area contributed by atoms with Gasteiger partial charge in [0.25, 0.3) is 0 Å². The number of ether oxygens (including phenoxy) is 3. The summed E-state index contributed by atoms with van der Waals surface area (Å²) >= 11 is 1.14. The number of nitrogens with one attached hydrogen (secondary N) is 1. The van der Waals surface area contributed by atoms with Gasteiger partial charge < -0.3 is 19.3 Å². The van der Waals surface area contributed by atoms with Crippen LogP contribution >= 0.6 is 11.8 Å². The molecule has 7 nitrogen and oxygen atoms in total. The van der Waals surface area contributed by atoms with Gasteiger partial charge in [-0.15, -0.1) is 11.8 Å². The van der Waals surface area contributed by atoms with Gasteiger partial charge in [-0.2, -0.15) is 4.99 Å². The van der Waals surface area contributed by atoms with E-state index < -0.39 is 6.09 Å². The number of nitrogens with zero attached hydrogens (tertiary/aromatic N) is 1. The molecule has 8 heteroatoms. The summed E-state index contributed by atoms with van der Waals surface area (Å²) in [5.74, 6) is 0.782. The number of carbonyl (C=O) groups excluding carboxylic acids is 1. The summed E-state index contributed by atoms with van der Waals surface area (Å²) in [4.78, 5) is 15.0. The molecule has 0 spiro atoms. The molecule has 0 atom stereocenters. The molecule has 0 saturated heterocycles. The van der Waals surface area contributed by atoms with Gasteiger partial charge in [0.1, 0.15) is 5.04 Å². The van der Waals surface area contributed by atoms with E-state index in [0.717, 1.165) is 11.8 Å². The maximum absolute atomic E-state index is 11.3. The molecule has 0 heterocycles. The smallest absolute Gasteiger partial charge is 0.434 e. The third kappa shape index (κ3) is 3.99. The first-order chi connectivity index (χ1) is 10.5. The molecule has 1 rings (SSSR count). The van der Waals surface area contributed by atoms with E-state index in [1.807, 2.05) is 0 Å². The molecular weight excluding hydrogens is 308 g/mol. The fourth-order valence-electron chi connectivity index (χ4n) is 1.76. The van der Waals surface area contributed by atoms with Gasteiger partial charge in [0.2, 0.25) is 0 Å². The van der Waals surface area contributed by atoms with Crippen LogP contribution in [0.15, 0.2) is 17.1 Å². The van der Waals surface area contributed by atoms with Crippen molar-refractivity contribution in [1.82, 2.24) is 0 Å². The van der Waals surface area contributed by atoms with Gasteiger partial charge in [-0.05, 0) is 18.4 Å². The molecule has 22 heavy (non-hydrogen) atoms. The van der Waals surface area contributed by atoms with E-state index in [9.17, 15) is 9.90 Å². The number of aliphatic hydroxyl groups excluding tert-OH is 1. The number of amides is 1. The molecule has 0 aromatic heterocycles. The lowest BCUT2D eigenvalue weighted by molar-refractivity contribution is 0.183. The van der Waals surface area contributed by atoms with Crippen LogP contribution in [0.1, 0.15) is 11.1 Å². The number of hydrogen-bond acceptors (Lipinski definition) is 7. The monoisotopic (exact) mass is 326 g/mol. The number of hydrogen-bond donors (Lipinski definition) is 2. The summed E-state index contributed by atoms with van der Waals surface area (Å²) < 4.78 is 14.9. The lowest BCUT2D eigenvalue weighted by Gasteiger charge is -2.14. The fraction of sp³-hybridized carbons (Fsp3) is 0.357. The van der Waals surface area contributed by atoms with Crippen LogP contribution < -0.4 is 9.47 Å². The Morgan fingerprint density at radius 3 is 2.45 bits per heavy atom. The van der Waals surface area contributed by atoms with Gasteiger partial charge in [0.15, 0.2) is 11.5 Å². The maximum atomic E-state index is 11.3. The second-order valence-electron chi connectivity index (χ2n) is 4.00. The Balaban J connectivity index is 3.33. The van der Waals surface area contributed by atoms with Gasteiger partial charge in [-0.25, -0.2) is 4.79 Å². The average molecular weight is 326 g/mol. The van der Waals surface area contributed by atoms with Gasteiger partial charge >= 0.3 is 6.09 Å². The minimum Gasteiger partial charge on any atom is -0.493 e. The number of methoxy groups -OCH3 is 3. The Labute approximate surface area is 132 Å². The zero-order valence-corrected chi connectivity index (χ0v) is 13.6. The Bertz CT molecular complexity index is 576. The highest BCUT2D eigenvalue weighted by Gasteiger charge is 2.17. The molecule has 2 N–H and O–H groups in total. The predicted octanol–water partition coefficient (Wildman–Crippen LogP) is 2.09. The van der Waals surface area contributed by atoms with Crippen molar-refractivity contribution >= 4 is 28.6 Å². The number of rotatable bonds is 5. The van der Waals surface area contributed by atoms with E-state index in [1.165, 1.54) is 21.3 Å². The van der Waals surface area contributed by atoms with Crippen LogP contribution in [0.5, 0.6) is 11.5 Å². The van der Waals surface area contributed by atoms with E-state index in [1.54, 1.807) is 18.4 Å². The molecule has 1 amide bonds. The van der Waals surface area contributed by atoms with Crippen molar-refractivity contribution in [1.29, 1.82) is 5.41 Å². The molecular formula is C14H18N2O5S. The first-order valence-electron chi connectivity index (χ1n) is 6.18. The quantitative estimate of drug-likeness (QED) is 0.634. The van der Waals surface area contributed by atoms with Crippen LogP contribution in [0.2, 0.25) is 0 Å². The minimum atomic E-state index is -0.781. The van der Waals surface area contributed by atoms with Crippen molar-refractivity contribution in [3.05, 3.63) is 23.3 Å². The molecule has 0 aliphatic rings. The van der Waals surface area contributed by atoms with Crippen molar-refractivity contribution < 1.29 is 24.1 Å². The fourth-order valence-corrected chi connectivity index (χ4v) is 2.25. The summed E-state index contributed by atoms with van der Waals surface area (Å²) in [5, 5.41) is 17.8. The third-order valence-corrected chi connectivity index (χ3v) is 3.47. The van der Waals surface area contributed by atoms with Crippen LogP contribution in [-0.2, 0) is 11.3 Å². The largest absolute Gasteiger partial charge is 0.493 e. The second kappa shape index (κ2) is 8.40. The number of carbonyl (C=O) groups is 1. The number of benzene rings is 1. The number of thioether (sulfide) groups is 1. The predicted molar refractivity (Wildman–Crippen MR) is 85.7 cm³/mol. The second-order valence-corrected chi connectivity index (χ2v) is 4.79. The van der Waals surface area contributed by atoms with E-state index in [2.05, 4.69) is 9.73 Å². The molecule has 1 aromatic rings. The molecule has 0 saturated carbocycles. The molecule has 0 radical (unpaired) electrons. The molecule has 0 unspecified atom stereocenters. The molecule has 0 aliphatic heterocycles. The Morgan fingerprint density at radius 1 is 1.32 bits per heavy atom.